The number of rotatable bonds is 13. The van der Waals surface area contributed by atoms with Crippen LogP contribution in [0.15, 0.2) is 252 Å². The molecule has 0 unspecified atom stereocenters. The molecule has 9 heterocycles. The van der Waals surface area contributed by atoms with Gasteiger partial charge in [0.2, 0.25) is 0 Å². The van der Waals surface area contributed by atoms with E-state index >= 15 is 0 Å². The van der Waals surface area contributed by atoms with E-state index in [1.807, 2.05) is 234 Å². The van der Waals surface area contributed by atoms with Gasteiger partial charge in [-0.15, -0.1) is 0 Å². The Morgan fingerprint density at radius 2 is 0.763 bits per heavy atom. The number of para-hydroxylation sites is 3. The molecule has 0 aliphatic rings. The normalized spacial score (nSPS) is 11.2. The molecule has 0 bridgehead atoms. The third kappa shape index (κ3) is 14.4. The Bertz CT molecular complexity index is 6960. The van der Waals surface area contributed by atoms with Crippen molar-refractivity contribution in [3.63, 3.8) is 0 Å². The molecule has 18 rings (SSSR count). The zero-order valence-electron chi connectivity index (χ0n) is 63.5. The molecule has 0 saturated carbocycles. The Morgan fingerprint density at radius 3 is 1.19 bits per heavy atom. The summed E-state index contributed by atoms with van der Waals surface area (Å²) < 4.78 is 19.5. The van der Waals surface area contributed by atoms with Gasteiger partial charge in [0.1, 0.15) is 65.1 Å². The molecule has 18 aromatic rings. The molecule has 0 amide bonds. The summed E-state index contributed by atoms with van der Waals surface area (Å²) in [5, 5.41) is 34.4. The number of H-pyrrole nitrogens is 1. The molecule has 0 fully saturated rings. The molecule has 9 aromatic heterocycles. The Labute approximate surface area is 661 Å². The lowest BCUT2D eigenvalue weighted by Crippen LogP contribution is -2.25. The van der Waals surface area contributed by atoms with Crippen LogP contribution in [-0.4, -0.2) is 92.7 Å². The van der Waals surface area contributed by atoms with Crippen LogP contribution < -0.4 is 43.4 Å². The molecular formula is C89H77BrN18O6. The molecule has 0 atom stereocenters. The van der Waals surface area contributed by atoms with Crippen molar-refractivity contribution in [1.29, 1.82) is 0 Å². The predicted octanol–water partition coefficient (Wildman–Crippen LogP) is 15.9. The van der Waals surface area contributed by atoms with Crippen molar-refractivity contribution in [2.24, 2.45) is 0 Å². The van der Waals surface area contributed by atoms with Crippen LogP contribution in [-0.2, 0) is 18.4 Å². The lowest BCUT2D eigenvalue weighted by Gasteiger charge is -2.17. The van der Waals surface area contributed by atoms with Crippen LogP contribution in [0.25, 0.3) is 116 Å². The van der Waals surface area contributed by atoms with Gasteiger partial charge >= 0.3 is 0 Å². The number of aryl methyl sites for hydroxylation is 6. The quantitative estimate of drug-likeness (QED) is 0.0670. The van der Waals surface area contributed by atoms with Crippen molar-refractivity contribution in [2.75, 3.05) is 31.4 Å². The van der Waals surface area contributed by atoms with Crippen LogP contribution >= 0.6 is 15.9 Å². The van der Waals surface area contributed by atoms with Crippen molar-refractivity contribution in [2.45, 2.75) is 60.0 Å². The summed E-state index contributed by atoms with van der Waals surface area (Å²) >= 11 is 3.51. The van der Waals surface area contributed by atoms with Gasteiger partial charge in [-0.1, -0.05) is 162 Å². The SMILES string of the molecule is COc1cccc(-c2[nH]nc3ncnc(N)c23)c1.COc1cccc(-c2nn(Cc3cc4cccc(C)c4c(=O)n3-c3ccccc3C)c3ncnc(N)c23)c1.Cc1ccccc1-n1c(CBr)cc2cccc(C)c2c1=O.Cc1ccccc1-n1c(Cn2nc(-c3cccc(O)c3)c3c(N)ncnc32)cc2cccc(C)c2c1=O. The van der Waals surface area contributed by atoms with Crippen LogP contribution in [0.4, 0.5) is 17.5 Å². The predicted molar refractivity (Wildman–Crippen MR) is 455 cm³/mol. The molecule has 0 aliphatic heterocycles. The average molecular weight is 1570 g/mol. The summed E-state index contributed by atoms with van der Waals surface area (Å²) in [4.78, 5) is 66.4. The Balaban J connectivity index is 0.000000125. The second kappa shape index (κ2) is 31.9. The monoisotopic (exact) mass is 1570 g/mol. The number of hydrogen-bond acceptors (Lipinski definition) is 18. The maximum Gasteiger partial charge on any atom is 0.263 e. The van der Waals surface area contributed by atoms with E-state index in [0.29, 0.717) is 90.5 Å². The minimum atomic E-state index is -0.0845. The number of methoxy groups -OCH3 is 2. The van der Waals surface area contributed by atoms with E-state index in [1.165, 1.54) is 19.0 Å². The fourth-order valence-electron chi connectivity index (χ4n) is 14.6. The van der Waals surface area contributed by atoms with Crippen molar-refractivity contribution in [1.82, 2.24) is 73.4 Å². The fourth-order valence-corrected chi connectivity index (χ4v) is 15.0. The number of nitrogen functional groups attached to an aromatic ring is 3. The van der Waals surface area contributed by atoms with Gasteiger partial charge in [-0.2, -0.15) is 15.3 Å². The molecule has 0 aliphatic carbocycles. The molecule has 0 radical (unpaired) electrons. The average Bonchev–Trinajstić information content (AvgIpc) is 1.67. The van der Waals surface area contributed by atoms with E-state index in [1.54, 1.807) is 50.9 Å². The lowest BCUT2D eigenvalue weighted by atomic mass is 10.1. The second-order valence-corrected chi connectivity index (χ2v) is 28.0. The van der Waals surface area contributed by atoms with E-state index in [0.717, 1.165) is 117 Å². The van der Waals surface area contributed by atoms with E-state index in [2.05, 4.69) is 68.2 Å². The van der Waals surface area contributed by atoms with Crippen molar-refractivity contribution < 1.29 is 14.6 Å². The number of nitrogens with one attached hydrogen (secondary N) is 1. The number of nitrogens with zero attached hydrogens (tertiary/aromatic N) is 14. The number of phenolic OH excluding ortho intramolecular Hbond substituents is 1. The molecule has 0 saturated heterocycles. The number of aromatic amines is 1. The summed E-state index contributed by atoms with van der Waals surface area (Å²) in [6.07, 6.45) is 4.23. The first-order chi connectivity index (χ1) is 55.3. The molecule has 566 valence electrons. The highest BCUT2D eigenvalue weighted by Gasteiger charge is 2.25. The van der Waals surface area contributed by atoms with Gasteiger partial charge in [0, 0.05) is 39.1 Å². The van der Waals surface area contributed by atoms with Crippen molar-refractivity contribution >= 4 is 98.8 Å². The maximum absolute atomic E-state index is 14.0. The Morgan fingerprint density at radius 1 is 0.395 bits per heavy atom. The minimum Gasteiger partial charge on any atom is -0.508 e. The van der Waals surface area contributed by atoms with Crippen LogP contribution in [0.5, 0.6) is 17.2 Å². The highest BCUT2D eigenvalue weighted by atomic mass is 79.9. The number of phenols is 1. The minimum absolute atomic E-state index is 0.0503. The number of anilines is 3. The van der Waals surface area contributed by atoms with Gasteiger partial charge in [0.05, 0.1) is 82.4 Å². The highest BCUT2D eigenvalue weighted by Crippen LogP contribution is 2.37. The first-order valence-corrected chi connectivity index (χ1v) is 37.6. The summed E-state index contributed by atoms with van der Waals surface area (Å²) in [6.45, 7) is 12.5. The highest BCUT2D eigenvalue weighted by molar-refractivity contribution is 9.08. The standard InChI is InChI=1S/C30H26N6O2.C29H24N6O2.C18H16BrNO.C12H11N5O/c1-18-8-4-5-13-24(18)36-22(14-20-10-6-9-19(2)25(20)30(36)37)16-35-29-26(28(31)32-17-33-29)27(34-35)21-11-7-12-23(15-21)38-3;1-17-7-3-4-12-23(17)35-21(13-19-9-5-8-18(2)24(19)29(35)37)15-34-28-25(27(30)31-16-32-28)26(33-34)20-10-6-11-22(36)14-20;1-12-6-3-4-9-16(12)20-15(11-19)10-14-8-5-7-13(2)17(14)18(20)21;1-18-8-4-2-3-7(5-8)10-9-11(13)14-6-15-12(9)17-16-10/h4-15,17H,16H2,1-3H3,(H2,31,32,33);3-14,16,36H,15H2,1-2H3,(H2,30,31,32);3-10H,11H2,1-2H3;2-6H,1H3,(H3,13,14,15,16,17). The number of aromatic nitrogens is 15. The van der Waals surface area contributed by atoms with Gasteiger partial charge in [-0.25, -0.2) is 39.3 Å². The van der Waals surface area contributed by atoms with E-state index < -0.39 is 0 Å². The number of fused-ring (bicyclic) bond motifs is 6. The van der Waals surface area contributed by atoms with Crippen molar-refractivity contribution in [3.8, 4) is 68.1 Å². The largest absolute Gasteiger partial charge is 0.508 e. The van der Waals surface area contributed by atoms with Gasteiger partial charge < -0.3 is 31.8 Å². The number of ether oxygens (including phenoxy) is 2. The first-order valence-electron chi connectivity index (χ1n) is 36.4. The molecule has 8 N–H and O–H groups in total. The summed E-state index contributed by atoms with van der Waals surface area (Å²) in [7, 11) is 3.25. The number of benzene rings is 9. The van der Waals surface area contributed by atoms with Gasteiger partial charge in [-0.3, -0.25) is 33.2 Å². The molecular weight excluding hydrogens is 1500 g/mol. The lowest BCUT2D eigenvalue weighted by molar-refractivity contribution is 0.415. The fraction of sp³-hybridized carbons (Fsp3) is 0.124. The summed E-state index contributed by atoms with van der Waals surface area (Å²) in [5.74, 6) is 2.63. The third-order valence-electron chi connectivity index (χ3n) is 20.1. The molecule has 9 aromatic carbocycles. The van der Waals surface area contributed by atoms with Crippen LogP contribution in [0, 0.1) is 41.5 Å². The number of aromatic hydroxyl groups is 1. The van der Waals surface area contributed by atoms with Crippen LogP contribution in [0.1, 0.15) is 50.5 Å². The number of hydrogen-bond donors (Lipinski definition) is 5. The van der Waals surface area contributed by atoms with Crippen LogP contribution in [0.2, 0.25) is 0 Å². The summed E-state index contributed by atoms with van der Waals surface area (Å²) in [5.41, 5.74) is 35.5. The van der Waals surface area contributed by atoms with Gasteiger partial charge in [-0.05, 0) is 164 Å². The number of pyridine rings is 3. The topological polar surface area (TPSA) is 324 Å². The zero-order chi connectivity index (χ0) is 79.6. The number of halogens is 1. The Kier molecular flexibility index (Phi) is 21.0. The molecule has 25 heteroatoms. The molecule has 0 spiro atoms. The van der Waals surface area contributed by atoms with Gasteiger partial charge in [0.25, 0.3) is 16.7 Å². The second-order valence-electron chi connectivity index (χ2n) is 27.4. The number of alkyl halides is 1. The molecule has 24 nitrogen and oxygen atoms in total. The van der Waals surface area contributed by atoms with Crippen molar-refractivity contribution in [3.05, 3.63) is 319 Å². The van der Waals surface area contributed by atoms with E-state index in [4.69, 9.17) is 36.9 Å². The smallest absolute Gasteiger partial charge is 0.263 e. The first kappa shape index (κ1) is 75.0. The Hall–Kier alpha value is -14.5. The third-order valence-corrected chi connectivity index (χ3v) is 20.7. The van der Waals surface area contributed by atoms with Gasteiger partial charge in [0.15, 0.2) is 16.9 Å². The zero-order valence-corrected chi connectivity index (χ0v) is 65.1. The number of nitrogens with two attached hydrogens (primary N) is 3. The summed E-state index contributed by atoms with van der Waals surface area (Å²) in [6, 6.07) is 69.7. The van der Waals surface area contributed by atoms with E-state index in [-0.39, 0.29) is 29.0 Å². The maximum atomic E-state index is 14.0. The van der Waals surface area contributed by atoms with E-state index in [9.17, 15) is 19.5 Å². The van der Waals surface area contributed by atoms with Crippen LogP contribution in [0.3, 0.4) is 0 Å². The molecule has 114 heavy (non-hydrogen) atoms.